The molecule has 108 valence electrons. The first-order valence-corrected chi connectivity index (χ1v) is 6.63. The SMILES string of the molecule is COCCNC[C@H](O)COc1cc(C)cc(C)c1C. The first-order valence-electron chi connectivity index (χ1n) is 6.63. The van der Waals surface area contributed by atoms with Gasteiger partial charge in [-0.1, -0.05) is 6.07 Å². The van der Waals surface area contributed by atoms with Crippen LogP contribution < -0.4 is 10.1 Å². The molecule has 0 saturated carbocycles. The Morgan fingerprint density at radius 1 is 1.26 bits per heavy atom. The minimum atomic E-state index is -0.517. The van der Waals surface area contributed by atoms with Crippen molar-refractivity contribution < 1.29 is 14.6 Å². The molecule has 1 aromatic carbocycles. The molecule has 1 aromatic rings. The van der Waals surface area contributed by atoms with E-state index in [1.807, 2.05) is 19.9 Å². The van der Waals surface area contributed by atoms with E-state index in [4.69, 9.17) is 9.47 Å². The lowest BCUT2D eigenvalue weighted by molar-refractivity contribution is 0.103. The van der Waals surface area contributed by atoms with E-state index >= 15 is 0 Å². The van der Waals surface area contributed by atoms with Gasteiger partial charge in [0.05, 0.1) is 6.61 Å². The van der Waals surface area contributed by atoms with Gasteiger partial charge < -0.3 is 19.9 Å². The smallest absolute Gasteiger partial charge is 0.122 e. The molecule has 0 amide bonds. The van der Waals surface area contributed by atoms with Gasteiger partial charge >= 0.3 is 0 Å². The van der Waals surface area contributed by atoms with Crippen LogP contribution in [0.15, 0.2) is 12.1 Å². The van der Waals surface area contributed by atoms with Gasteiger partial charge in [-0.25, -0.2) is 0 Å². The Morgan fingerprint density at radius 3 is 2.68 bits per heavy atom. The van der Waals surface area contributed by atoms with Gasteiger partial charge in [0.15, 0.2) is 0 Å². The van der Waals surface area contributed by atoms with Crippen molar-refractivity contribution in [3.8, 4) is 5.75 Å². The second kappa shape index (κ2) is 8.15. The molecule has 0 aliphatic heterocycles. The molecule has 0 spiro atoms. The molecule has 0 bridgehead atoms. The van der Waals surface area contributed by atoms with Crippen LogP contribution in [0.2, 0.25) is 0 Å². The molecule has 1 atom stereocenters. The van der Waals surface area contributed by atoms with E-state index in [9.17, 15) is 5.11 Å². The average Bonchev–Trinajstić information content (AvgIpc) is 2.37. The molecule has 0 unspecified atom stereocenters. The van der Waals surface area contributed by atoms with Crippen LogP contribution in [-0.4, -0.2) is 44.6 Å². The highest BCUT2D eigenvalue weighted by molar-refractivity contribution is 5.41. The fourth-order valence-corrected chi connectivity index (χ4v) is 1.84. The Labute approximate surface area is 115 Å². The first-order chi connectivity index (χ1) is 9.04. The molecule has 19 heavy (non-hydrogen) atoms. The molecular weight excluding hydrogens is 242 g/mol. The van der Waals surface area contributed by atoms with E-state index in [0.29, 0.717) is 19.8 Å². The molecule has 0 fully saturated rings. The highest BCUT2D eigenvalue weighted by Gasteiger charge is 2.08. The minimum Gasteiger partial charge on any atom is -0.491 e. The molecule has 0 radical (unpaired) electrons. The lowest BCUT2D eigenvalue weighted by atomic mass is 10.1. The summed E-state index contributed by atoms with van der Waals surface area (Å²) in [6.45, 7) is 8.32. The lowest BCUT2D eigenvalue weighted by Gasteiger charge is -2.16. The van der Waals surface area contributed by atoms with Gasteiger partial charge in [0.1, 0.15) is 18.5 Å². The monoisotopic (exact) mass is 267 g/mol. The zero-order valence-corrected chi connectivity index (χ0v) is 12.3. The summed E-state index contributed by atoms with van der Waals surface area (Å²) < 4.78 is 10.6. The van der Waals surface area contributed by atoms with Crippen LogP contribution in [0.3, 0.4) is 0 Å². The zero-order chi connectivity index (χ0) is 14.3. The molecule has 4 nitrogen and oxygen atoms in total. The van der Waals surface area contributed by atoms with E-state index in [1.54, 1.807) is 7.11 Å². The van der Waals surface area contributed by atoms with E-state index in [2.05, 4.69) is 18.3 Å². The maximum absolute atomic E-state index is 9.81. The van der Waals surface area contributed by atoms with Crippen LogP contribution in [0.1, 0.15) is 16.7 Å². The molecule has 0 aliphatic carbocycles. The molecular formula is C15H25NO3. The van der Waals surface area contributed by atoms with Crippen molar-refractivity contribution in [2.24, 2.45) is 0 Å². The maximum atomic E-state index is 9.81. The summed E-state index contributed by atoms with van der Waals surface area (Å²) in [6.07, 6.45) is -0.517. The van der Waals surface area contributed by atoms with Gasteiger partial charge in [-0.15, -0.1) is 0 Å². The Balaban J connectivity index is 2.39. The zero-order valence-electron chi connectivity index (χ0n) is 12.3. The Kier molecular flexibility index (Phi) is 6.84. The molecule has 1 rings (SSSR count). The van der Waals surface area contributed by atoms with Crippen molar-refractivity contribution in [2.75, 3.05) is 33.4 Å². The van der Waals surface area contributed by atoms with Gasteiger partial charge in [-0.05, 0) is 43.5 Å². The molecule has 0 saturated heterocycles. The summed E-state index contributed by atoms with van der Waals surface area (Å²) in [4.78, 5) is 0. The van der Waals surface area contributed by atoms with Crippen LogP contribution in [0, 0.1) is 20.8 Å². The van der Waals surface area contributed by atoms with Crippen LogP contribution in [0.5, 0.6) is 5.75 Å². The molecule has 0 heterocycles. The van der Waals surface area contributed by atoms with Gasteiger partial charge in [0.25, 0.3) is 0 Å². The molecule has 4 heteroatoms. The third-order valence-electron chi connectivity index (χ3n) is 3.06. The van der Waals surface area contributed by atoms with Gasteiger partial charge in [0.2, 0.25) is 0 Å². The van der Waals surface area contributed by atoms with Crippen molar-refractivity contribution >= 4 is 0 Å². The summed E-state index contributed by atoms with van der Waals surface area (Å²) in [7, 11) is 1.66. The fourth-order valence-electron chi connectivity index (χ4n) is 1.84. The molecule has 2 N–H and O–H groups in total. The topological polar surface area (TPSA) is 50.7 Å². The van der Waals surface area contributed by atoms with Crippen molar-refractivity contribution in [2.45, 2.75) is 26.9 Å². The van der Waals surface area contributed by atoms with Crippen molar-refractivity contribution in [1.82, 2.24) is 5.32 Å². The lowest BCUT2D eigenvalue weighted by Crippen LogP contribution is -2.33. The van der Waals surface area contributed by atoms with Crippen LogP contribution in [0.4, 0.5) is 0 Å². The second-order valence-corrected chi connectivity index (χ2v) is 4.87. The Morgan fingerprint density at radius 2 is 2.00 bits per heavy atom. The average molecular weight is 267 g/mol. The Hall–Kier alpha value is -1.10. The van der Waals surface area contributed by atoms with Crippen molar-refractivity contribution in [1.29, 1.82) is 0 Å². The number of nitrogens with one attached hydrogen (secondary N) is 1. The Bertz CT molecular complexity index is 393. The van der Waals surface area contributed by atoms with Gasteiger partial charge in [0, 0.05) is 20.2 Å². The van der Waals surface area contributed by atoms with Gasteiger partial charge in [-0.3, -0.25) is 0 Å². The summed E-state index contributed by atoms with van der Waals surface area (Å²) >= 11 is 0. The second-order valence-electron chi connectivity index (χ2n) is 4.87. The standard InChI is InChI=1S/C15H25NO3/c1-11-7-12(2)13(3)15(8-11)19-10-14(17)9-16-5-6-18-4/h7-8,14,16-17H,5-6,9-10H2,1-4H3/t14-/m0/s1. The summed E-state index contributed by atoms with van der Waals surface area (Å²) in [5, 5.41) is 12.9. The highest BCUT2D eigenvalue weighted by atomic mass is 16.5. The van der Waals surface area contributed by atoms with E-state index < -0.39 is 6.10 Å². The van der Waals surface area contributed by atoms with Crippen LogP contribution >= 0.6 is 0 Å². The van der Waals surface area contributed by atoms with Crippen LogP contribution in [0.25, 0.3) is 0 Å². The summed E-state index contributed by atoms with van der Waals surface area (Å²) in [6, 6.07) is 4.14. The fraction of sp³-hybridized carbons (Fsp3) is 0.600. The number of benzene rings is 1. The number of ether oxygens (including phenoxy) is 2. The highest BCUT2D eigenvalue weighted by Crippen LogP contribution is 2.23. The van der Waals surface area contributed by atoms with E-state index in [1.165, 1.54) is 11.1 Å². The van der Waals surface area contributed by atoms with E-state index in [0.717, 1.165) is 17.9 Å². The number of aliphatic hydroxyl groups excluding tert-OH is 1. The van der Waals surface area contributed by atoms with E-state index in [-0.39, 0.29) is 0 Å². The third-order valence-corrected chi connectivity index (χ3v) is 3.06. The largest absolute Gasteiger partial charge is 0.491 e. The predicted octanol–water partition coefficient (Wildman–Crippen LogP) is 1.59. The predicted molar refractivity (Wildman–Crippen MR) is 76.9 cm³/mol. The number of methoxy groups -OCH3 is 1. The summed E-state index contributed by atoms with van der Waals surface area (Å²) in [5.41, 5.74) is 3.51. The maximum Gasteiger partial charge on any atom is 0.122 e. The van der Waals surface area contributed by atoms with Crippen molar-refractivity contribution in [3.63, 3.8) is 0 Å². The van der Waals surface area contributed by atoms with Crippen LogP contribution in [-0.2, 0) is 4.74 Å². The van der Waals surface area contributed by atoms with Crippen molar-refractivity contribution in [3.05, 3.63) is 28.8 Å². The normalized spacial score (nSPS) is 12.5. The molecule has 0 aliphatic rings. The third kappa shape index (κ3) is 5.59. The molecule has 0 aromatic heterocycles. The number of hydrogen-bond acceptors (Lipinski definition) is 4. The number of aryl methyl sites for hydroxylation is 2. The minimum absolute atomic E-state index is 0.295. The quantitative estimate of drug-likeness (QED) is 0.702. The first kappa shape index (κ1) is 16.0. The number of rotatable bonds is 8. The van der Waals surface area contributed by atoms with Gasteiger partial charge in [-0.2, -0.15) is 0 Å². The number of hydrogen-bond donors (Lipinski definition) is 2. The number of aliphatic hydroxyl groups is 1. The summed E-state index contributed by atoms with van der Waals surface area (Å²) in [5.74, 6) is 0.855.